The summed E-state index contributed by atoms with van der Waals surface area (Å²) in [7, 11) is 3.87. The van der Waals surface area contributed by atoms with Crippen LogP contribution in [0, 0.1) is 5.41 Å². The van der Waals surface area contributed by atoms with E-state index in [4.69, 9.17) is 4.74 Å². The molecule has 0 aliphatic rings. The van der Waals surface area contributed by atoms with Gasteiger partial charge in [-0.2, -0.15) is 0 Å². The summed E-state index contributed by atoms with van der Waals surface area (Å²) >= 11 is 0. The first-order chi connectivity index (χ1) is 9.54. The Balaban J connectivity index is 2.67. The Morgan fingerprint density at radius 1 is 1.30 bits per heavy atom. The van der Waals surface area contributed by atoms with Crippen LogP contribution in [-0.2, 0) is 0 Å². The predicted octanol–water partition coefficient (Wildman–Crippen LogP) is 3.55. The molecule has 1 aromatic carbocycles. The summed E-state index contributed by atoms with van der Waals surface area (Å²) in [5.41, 5.74) is 1.49. The zero-order valence-electron chi connectivity index (χ0n) is 13.7. The van der Waals surface area contributed by atoms with E-state index in [9.17, 15) is 0 Å². The lowest BCUT2D eigenvalue weighted by molar-refractivity contribution is 0.299. The first-order valence-corrected chi connectivity index (χ1v) is 7.60. The van der Waals surface area contributed by atoms with E-state index in [0.717, 1.165) is 31.8 Å². The summed E-state index contributed by atoms with van der Waals surface area (Å²) in [4.78, 5) is 2.32. The first kappa shape index (κ1) is 16.8. The first-order valence-electron chi connectivity index (χ1n) is 7.60. The third kappa shape index (κ3) is 5.04. The van der Waals surface area contributed by atoms with Crippen molar-refractivity contribution in [3.05, 3.63) is 24.3 Å². The van der Waals surface area contributed by atoms with Gasteiger partial charge in [-0.15, -0.1) is 0 Å². The fourth-order valence-electron chi connectivity index (χ4n) is 2.37. The van der Waals surface area contributed by atoms with E-state index >= 15 is 0 Å². The van der Waals surface area contributed by atoms with Crippen LogP contribution in [0.2, 0.25) is 0 Å². The molecule has 3 heteroatoms. The van der Waals surface area contributed by atoms with Crippen LogP contribution >= 0.6 is 0 Å². The topological polar surface area (TPSA) is 24.5 Å². The van der Waals surface area contributed by atoms with E-state index in [1.807, 2.05) is 12.1 Å². The maximum Gasteiger partial charge on any atom is 0.120 e. The number of ether oxygens (including phenoxy) is 1. The molecule has 0 aromatic heterocycles. The number of benzene rings is 1. The van der Waals surface area contributed by atoms with Crippen molar-refractivity contribution in [1.82, 2.24) is 5.32 Å². The predicted molar refractivity (Wildman–Crippen MR) is 87.8 cm³/mol. The van der Waals surface area contributed by atoms with Gasteiger partial charge in [0.05, 0.1) is 7.11 Å². The Labute approximate surface area is 124 Å². The van der Waals surface area contributed by atoms with Gasteiger partial charge in [-0.25, -0.2) is 0 Å². The van der Waals surface area contributed by atoms with E-state index in [0.29, 0.717) is 0 Å². The summed E-state index contributed by atoms with van der Waals surface area (Å²) in [5.74, 6) is 0.914. The third-order valence-corrected chi connectivity index (χ3v) is 3.95. The monoisotopic (exact) mass is 278 g/mol. The maximum atomic E-state index is 5.30. The second-order valence-electron chi connectivity index (χ2n) is 5.90. The second kappa shape index (κ2) is 8.15. The fraction of sp³-hybridized carbons (Fsp3) is 0.647. The zero-order chi connectivity index (χ0) is 15.0. The highest BCUT2D eigenvalue weighted by atomic mass is 16.5. The molecule has 1 atom stereocenters. The molecule has 0 fully saturated rings. The van der Waals surface area contributed by atoms with Gasteiger partial charge >= 0.3 is 0 Å². The molecule has 0 aliphatic carbocycles. The highest BCUT2D eigenvalue weighted by Crippen LogP contribution is 2.26. The van der Waals surface area contributed by atoms with Gasteiger partial charge in [0, 0.05) is 31.9 Å². The Kier molecular flexibility index (Phi) is 6.86. The molecular weight excluding hydrogens is 248 g/mol. The third-order valence-electron chi connectivity index (χ3n) is 3.95. The van der Waals surface area contributed by atoms with Gasteiger partial charge < -0.3 is 15.0 Å². The highest BCUT2D eigenvalue weighted by Gasteiger charge is 2.23. The van der Waals surface area contributed by atoms with Crippen LogP contribution in [0.5, 0.6) is 5.75 Å². The number of anilines is 1. The van der Waals surface area contributed by atoms with Gasteiger partial charge in [-0.05, 0) is 36.9 Å². The van der Waals surface area contributed by atoms with Crippen molar-refractivity contribution in [2.75, 3.05) is 38.7 Å². The van der Waals surface area contributed by atoms with Gasteiger partial charge in [-0.1, -0.05) is 26.8 Å². The summed E-state index contributed by atoms with van der Waals surface area (Å²) in [6, 6.07) is 8.26. The normalized spacial score (nSPS) is 13.8. The van der Waals surface area contributed by atoms with E-state index in [1.54, 1.807) is 7.11 Å². The van der Waals surface area contributed by atoms with E-state index in [2.05, 4.69) is 50.2 Å². The molecular formula is C17H30N2O. The largest absolute Gasteiger partial charge is 0.497 e. The van der Waals surface area contributed by atoms with Gasteiger partial charge in [-0.3, -0.25) is 0 Å². The summed E-state index contributed by atoms with van der Waals surface area (Å²) in [6.45, 7) is 10.0. The molecule has 0 amide bonds. The quantitative estimate of drug-likeness (QED) is 0.699. The minimum absolute atomic E-state index is 0.285. The molecule has 1 N–H and O–H groups in total. The molecule has 114 valence electrons. The molecule has 0 saturated heterocycles. The highest BCUT2D eigenvalue weighted by molar-refractivity contribution is 5.50. The summed E-state index contributed by atoms with van der Waals surface area (Å²) in [5, 5.41) is 3.55. The van der Waals surface area contributed by atoms with E-state index in [-0.39, 0.29) is 5.41 Å². The van der Waals surface area contributed by atoms with Crippen molar-refractivity contribution < 1.29 is 4.74 Å². The van der Waals surface area contributed by atoms with Crippen molar-refractivity contribution in [2.45, 2.75) is 33.6 Å². The van der Waals surface area contributed by atoms with Gasteiger partial charge in [0.25, 0.3) is 0 Å². The van der Waals surface area contributed by atoms with Crippen LogP contribution in [0.4, 0.5) is 5.69 Å². The van der Waals surface area contributed by atoms with Crippen LogP contribution in [-0.4, -0.2) is 33.8 Å². The molecule has 0 heterocycles. The van der Waals surface area contributed by atoms with E-state index < -0.39 is 0 Å². The van der Waals surface area contributed by atoms with Crippen molar-refractivity contribution in [3.8, 4) is 5.75 Å². The zero-order valence-corrected chi connectivity index (χ0v) is 13.7. The van der Waals surface area contributed by atoms with Gasteiger partial charge in [0.2, 0.25) is 0 Å². The smallest absolute Gasteiger partial charge is 0.120 e. The van der Waals surface area contributed by atoms with Crippen LogP contribution in [0.25, 0.3) is 0 Å². The average Bonchev–Trinajstić information content (AvgIpc) is 2.47. The Hall–Kier alpha value is -1.22. The molecule has 0 radical (unpaired) electrons. The SMILES string of the molecule is CCCNCC(C)(CC)CN(C)c1cccc(OC)c1. The maximum absolute atomic E-state index is 5.30. The number of hydrogen-bond acceptors (Lipinski definition) is 3. The molecule has 1 unspecified atom stereocenters. The second-order valence-corrected chi connectivity index (χ2v) is 5.90. The molecule has 3 nitrogen and oxygen atoms in total. The molecule has 0 bridgehead atoms. The van der Waals surface area contributed by atoms with Gasteiger partial charge in [0.15, 0.2) is 0 Å². The lowest BCUT2D eigenvalue weighted by Gasteiger charge is -2.34. The summed E-state index contributed by atoms with van der Waals surface area (Å²) < 4.78 is 5.30. The lowest BCUT2D eigenvalue weighted by atomic mass is 9.86. The van der Waals surface area contributed by atoms with E-state index in [1.165, 1.54) is 12.1 Å². The van der Waals surface area contributed by atoms with Crippen LogP contribution in [0.1, 0.15) is 33.6 Å². The molecule has 20 heavy (non-hydrogen) atoms. The van der Waals surface area contributed by atoms with Crippen molar-refractivity contribution >= 4 is 5.69 Å². The lowest BCUT2D eigenvalue weighted by Crippen LogP contribution is -2.41. The number of methoxy groups -OCH3 is 1. The molecule has 1 rings (SSSR count). The average molecular weight is 278 g/mol. The van der Waals surface area contributed by atoms with Crippen LogP contribution < -0.4 is 15.0 Å². The molecule has 0 saturated carbocycles. The van der Waals surface area contributed by atoms with Crippen molar-refractivity contribution in [1.29, 1.82) is 0 Å². The minimum atomic E-state index is 0.285. The molecule has 1 aromatic rings. The number of nitrogens with zero attached hydrogens (tertiary/aromatic N) is 1. The number of rotatable bonds is 9. The summed E-state index contributed by atoms with van der Waals surface area (Å²) in [6.07, 6.45) is 2.35. The minimum Gasteiger partial charge on any atom is -0.497 e. The van der Waals surface area contributed by atoms with Crippen molar-refractivity contribution in [3.63, 3.8) is 0 Å². The fourth-order valence-corrected chi connectivity index (χ4v) is 2.37. The van der Waals surface area contributed by atoms with Crippen molar-refractivity contribution in [2.24, 2.45) is 5.41 Å². The number of hydrogen-bond donors (Lipinski definition) is 1. The Morgan fingerprint density at radius 3 is 2.65 bits per heavy atom. The Morgan fingerprint density at radius 2 is 2.05 bits per heavy atom. The van der Waals surface area contributed by atoms with Gasteiger partial charge in [0.1, 0.15) is 5.75 Å². The standard InChI is InChI=1S/C17H30N2O/c1-6-11-18-13-17(3,7-2)14-19(4)15-9-8-10-16(12-15)20-5/h8-10,12,18H,6-7,11,13-14H2,1-5H3. The number of nitrogens with one attached hydrogen (secondary N) is 1. The van der Waals surface area contributed by atoms with Crippen LogP contribution in [0.3, 0.4) is 0 Å². The molecule has 0 spiro atoms. The van der Waals surface area contributed by atoms with Crippen LogP contribution in [0.15, 0.2) is 24.3 Å². The molecule has 0 aliphatic heterocycles. The Bertz CT molecular complexity index is 394.